The number of aromatic nitrogens is 3. The van der Waals surface area contributed by atoms with Crippen LogP contribution in [0.1, 0.15) is 34.9 Å². The number of hydrogen-bond donors (Lipinski definition) is 1. The molecule has 0 radical (unpaired) electrons. The van der Waals surface area contributed by atoms with E-state index < -0.39 is 5.97 Å². The fraction of sp³-hybridized carbons (Fsp3) is 0.250. The van der Waals surface area contributed by atoms with Gasteiger partial charge in [0.05, 0.1) is 16.4 Å². The molecule has 5 nitrogen and oxygen atoms in total. The summed E-state index contributed by atoms with van der Waals surface area (Å²) in [5, 5.41) is 17.4. The van der Waals surface area contributed by atoms with Gasteiger partial charge in [0.25, 0.3) is 0 Å². The SMILES string of the molecule is O=C(O)c1nnn(-c2ccc(Br)cc2Cl)c1C1CC1. The van der Waals surface area contributed by atoms with Crippen LogP contribution in [0.5, 0.6) is 0 Å². The standard InChI is InChI=1S/C12H9BrClN3O2/c13-7-3-4-9(8(14)5-7)17-11(6-1-2-6)10(12(18)19)15-16-17/h3-6H,1-2H2,(H,18,19). The molecule has 19 heavy (non-hydrogen) atoms. The molecule has 1 fully saturated rings. The van der Waals surface area contributed by atoms with Crippen molar-refractivity contribution in [3.63, 3.8) is 0 Å². The van der Waals surface area contributed by atoms with Gasteiger partial charge >= 0.3 is 5.97 Å². The molecule has 98 valence electrons. The van der Waals surface area contributed by atoms with Crippen LogP contribution in [0.3, 0.4) is 0 Å². The van der Waals surface area contributed by atoms with Gasteiger partial charge < -0.3 is 5.11 Å². The van der Waals surface area contributed by atoms with Crippen LogP contribution in [0, 0.1) is 0 Å². The minimum atomic E-state index is -1.05. The van der Waals surface area contributed by atoms with Gasteiger partial charge in [-0.2, -0.15) is 0 Å². The molecule has 2 aromatic rings. The summed E-state index contributed by atoms with van der Waals surface area (Å²) in [4.78, 5) is 11.2. The third-order valence-electron chi connectivity index (χ3n) is 3.01. The van der Waals surface area contributed by atoms with Crippen LogP contribution in [0.2, 0.25) is 5.02 Å². The Labute approximate surface area is 122 Å². The van der Waals surface area contributed by atoms with E-state index in [2.05, 4.69) is 26.2 Å². The fourth-order valence-corrected chi connectivity index (χ4v) is 2.75. The minimum Gasteiger partial charge on any atom is -0.476 e. The van der Waals surface area contributed by atoms with Crippen molar-refractivity contribution in [2.24, 2.45) is 0 Å². The monoisotopic (exact) mass is 341 g/mol. The summed E-state index contributed by atoms with van der Waals surface area (Å²) in [7, 11) is 0. The molecule has 0 amide bonds. The van der Waals surface area contributed by atoms with E-state index >= 15 is 0 Å². The van der Waals surface area contributed by atoms with Crippen molar-refractivity contribution in [2.75, 3.05) is 0 Å². The maximum Gasteiger partial charge on any atom is 0.358 e. The average molecular weight is 343 g/mol. The van der Waals surface area contributed by atoms with Crippen LogP contribution in [-0.2, 0) is 0 Å². The molecule has 0 spiro atoms. The van der Waals surface area contributed by atoms with E-state index in [0.717, 1.165) is 17.3 Å². The smallest absolute Gasteiger partial charge is 0.358 e. The Morgan fingerprint density at radius 1 is 1.47 bits per heavy atom. The molecule has 0 unspecified atom stereocenters. The first kappa shape index (κ1) is 12.6. The third-order valence-corrected chi connectivity index (χ3v) is 3.81. The lowest BCUT2D eigenvalue weighted by molar-refractivity contribution is 0.0689. The number of carboxylic acid groups (broad SMARTS) is 1. The van der Waals surface area contributed by atoms with Crippen molar-refractivity contribution in [2.45, 2.75) is 18.8 Å². The Balaban J connectivity index is 2.17. The van der Waals surface area contributed by atoms with Gasteiger partial charge in [-0.25, -0.2) is 9.48 Å². The number of halogens is 2. The lowest BCUT2D eigenvalue weighted by Crippen LogP contribution is -2.06. The summed E-state index contributed by atoms with van der Waals surface area (Å²) >= 11 is 9.52. The second-order valence-corrected chi connectivity index (χ2v) is 5.73. The summed E-state index contributed by atoms with van der Waals surface area (Å²) in [6.45, 7) is 0. The molecule has 0 bridgehead atoms. The van der Waals surface area contributed by atoms with Crippen molar-refractivity contribution >= 4 is 33.5 Å². The molecule has 0 saturated heterocycles. The van der Waals surface area contributed by atoms with Crippen LogP contribution in [0.25, 0.3) is 5.69 Å². The first-order valence-electron chi connectivity index (χ1n) is 5.72. The van der Waals surface area contributed by atoms with Crippen molar-refractivity contribution < 1.29 is 9.90 Å². The Bertz CT molecular complexity index is 667. The molecule has 1 aromatic heterocycles. The molecule has 1 N–H and O–H groups in total. The summed E-state index contributed by atoms with van der Waals surface area (Å²) < 4.78 is 2.39. The number of aromatic carboxylic acids is 1. The molecule has 0 atom stereocenters. The minimum absolute atomic E-state index is 0.0153. The summed E-state index contributed by atoms with van der Waals surface area (Å²) in [5.74, 6) is -0.845. The molecule has 1 saturated carbocycles. The zero-order valence-electron chi connectivity index (χ0n) is 9.68. The molecule has 0 aliphatic heterocycles. The highest BCUT2D eigenvalue weighted by Crippen LogP contribution is 2.42. The number of rotatable bonds is 3. The Morgan fingerprint density at radius 2 is 2.21 bits per heavy atom. The van der Waals surface area contributed by atoms with Crippen molar-refractivity contribution in [3.8, 4) is 5.69 Å². The molecule has 1 heterocycles. The van der Waals surface area contributed by atoms with Crippen molar-refractivity contribution in [1.29, 1.82) is 0 Å². The lowest BCUT2D eigenvalue weighted by atomic mass is 10.2. The van der Waals surface area contributed by atoms with E-state index in [1.165, 1.54) is 4.68 Å². The lowest BCUT2D eigenvalue weighted by Gasteiger charge is -2.08. The molecule has 3 rings (SSSR count). The molecule has 1 aliphatic rings. The Hall–Kier alpha value is -1.40. The van der Waals surface area contributed by atoms with Crippen molar-refractivity contribution in [1.82, 2.24) is 15.0 Å². The normalized spacial score (nSPS) is 14.6. The van der Waals surface area contributed by atoms with Crippen LogP contribution in [0.15, 0.2) is 22.7 Å². The van der Waals surface area contributed by atoms with Crippen LogP contribution in [0.4, 0.5) is 0 Å². The highest BCUT2D eigenvalue weighted by atomic mass is 79.9. The first-order valence-corrected chi connectivity index (χ1v) is 6.89. The Morgan fingerprint density at radius 3 is 2.79 bits per heavy atom. The average Bonchev–Trinajstić information content (AvgIpc) is 3.08. The van der Waals surface area contributed by atoms with E-state index in [1.54, 1.807) is 12.1 Å². The molecular weight excluding hydrogens is 334 g/mol. The molecule has 1 aliphatic carbocycles. The molecule has 7 heteroatoms. The zero-order valence-corrected chi connectivity index (χ0v) is 12.0. The van der Waals surface area contributed by atoms with Crippen LogP contribution in [-0.4, -0.2) is 26.1 Å². The Kier molecular flexibility index (Phi) is 3.06. The number of benzene rings is 1. The first-order chi connectivity index (χ1) is 9.08. The number of carbonyl (C=O) groups is 1. The molecule has 1 aromatic carbocycles. The number of hydrogen-bond acceptors (Lipinski definition) is 3. The zero-order chi connectivity index (χ0) is 13.6. The van der Waals surface area contributed by atoms with E-state index in [4.69, 9.17) is 16.7 Å². The number of carboxylic acids is 1. The topological polar surface area (TPSA) is 68.0 Å². The van der Waals surface area contributed by atoms with E-state index in [0.29, 0.717) is 16.4 Å². The number of nitrogens with zero attached hydrogens (tertiary/aromatic N) is 3. The second kappa shape index (κ2) is 4.61. The van der Waals surface area contributed by atoms with E-state index in [1.807, 2.05) is 6.07 Å². The van der Waals surface area contributed by atoms with E-state index in [9.17, 15) is 4.79 Å². The quantitative estimate of drug-likeness (QED) is 0.929. The summed E-state index contributed by atoms with van der Waals surface area (Å²) in [6.07, 6.45) is 1.92. The van der Waals surface area contributed by atoms with Crippen LogP contribution >= 0.6 is 27.5 Å². The highest BCUT2D eigenvalue weighted by Gasteiger charge is 2.34. The van der Waals surface area contributed by atoms with Gasteiger partial charge in [-0.1, -0.05) is 32.7 Å². The van der Waals surface area contributed by atoms with Crippen molar-refractivity contribution in [3.05, 3.63) is 39.1 Å². The van der Waals surface area contributed by atoms with Gasteiger partial charge in [-0.15, -0.1) is 5.10 Å². The van der Waals surface area contributed by atoms with Gasteiger partial charge in [0.2, 0.25) is 0 Å². The van der Waals surface area contributed by atoms with Crippen LogP contribution < -0.4 is 0 Å². The largest absolute Gasteiger partial charge is 0.476 e. The third kappa shape index (κ3) is 2.26. The molecular formula is C12H9BrClN3O2. The second-order valence-electron chi connectivity index (χ2n) is 4.41. The van der Waals surface area contributed by atoms with Gasteiger partial charge in [0.15, 0.2) is 5.69 Å². The predicted molar refractivity (Wildman–Crippen MR) is 73.0 cm³/mol. The predicted octanol–water partition coefficient (Wildman–Crippen LogP) is 3.26. The highest BCUT2D eigenvalue weighted by molar-refractivity contribution is 9.10. The fourth-order valence-electron chi connectivity index (χ4n) is 2.00. The van der Waals surface area contributed by atoms with Gasteiger partial charge in [0, 0.05) is 10.4 Å². The maximum atomic E-state index is 11.2. The van der Waals surface area contributed by atoms with Gasteiger partial charge in [-0.3, -0.25) is 0 Å². The van der Waals surface area contributed by atoms with Gasteiger partial charge in [0.1, 0.15) is 0 Å². The summed E-state index contributed by atoms with van der Waals surface area (Å²) in [6, 6.07) is 5.37. The van der Waals surface area contributed by atoms with E-state index in [-0.39, 0.29) is 11.6 Å². The summed E-state index contributed by atoms with van der Waals surface area (Å²) in [5.41, 5.74) is 1.30. The maximum absolute atomic E-state index is 11.2. The van der Waals surface area contributed by atoms with Gasteiger partial charge in [-0.05, 0) is 31.0 Å².